The van der Waals surface area contributed by atoms with E-state index in [1.165, 1.54) is 12.1 Å². The van der Waals surface area contributed by atoms with E-state index < -0.39 is 0 Å². The quantitative estimate of drug-likeness (QED) is 0.494. The molecular weight excluding hydrogens is 383 g/mol. The predicted octanol–water partition coefficient (Wildman–Crippen LogP) is 3.96. The Balaban J connectivity index is 1.51. The summed E-state index contributed by atoms with van der Waals surface area (Å²) >= 11 is 0. The van der Waals surface area contributed by atoms with E-state index in [1.807, 2.05) is 36.6 Å². The van der Waals surface area contributed by atoms with Gasteiger partial charge in [0, 0.05) is 23.7 Å². The normalized spacial score (nSPS) is 10.9. The van der Waals surface area contributed by atoms with Gasteiger partial charge in [0.25, 0.3) is 5.91 Å². The van der Waals surface area contributed by atoms with E-state index in [0.717, 1.165) is 22.5 Å². The maximum atomic E-state index is 13.3. The van der Waals surface area contributed by atoms with Crippen molar-refractivity contribution in [2.24, 2.45) is 0 Å². The second-order valence-electron chi connectivity index (χ2n) is 7.00. The Morgan fingerprint density at radius 2 is 1.90 bits per heavy atom. The third-order valence-corrected chi connectivity index (χ3v) is 4.64. The number of nitrogens with zero attached hydrogens (tertiary/aromatic N) is 3. The first-order valence-electron chi connectivity index (χ1n) is 9.59. The van der Waals surface area contributed by atoms with Crippen LogP contribution in [0.15, 0.2) is 60.9 Å². The van der Waals surface area contributed by atoms with Crippen molar-refractivity contribution in [3.8, 4) is 17.1 Å². The van der Waals surface area contributed by atoms with Crippen LogP contribution in [0.4, 0.5) is 4.39 Å². The summed E-state index contributed by atoms with van der Waals surface area (Å²) in [4.78, 5) is 21.0. The molecule has 0 atom stereocenters. The van der Waals surface area contributed by atoms with Gasteiger partial charge in [-0.05, 0) is 61.9 Å². The van der Waals surface area contributed by atoms with Gasteiger partial charge in [-0.2, -0.15) is 0 Å². The zero-order chi connectivity index (χ0) is 21.1. The predicted molar refractivity (Wildman–Crippen MR) is 112 cm³/mol. The Labute approximate surface area is 173 Å². The Morgan fingerprint density at radius 3 is 2.63 bits per heavy atom. The number of pyridine rings is 2. The largest absolute Gasteiger partial charge is 0.475 e. The molecule has 0 aliphatic carbocycles. The molecule has 4 aromatic rings. The molecule has 0 saturated carbocycles. The number of rotatable bonds is 6. The Bertz CT molecular complexity index is 1180. The molecule has 152 valence electrons. The number of fused-ring (bicyclic) bond motifs is 1. The van der Waals surface area contributed by atoms with E-state index in [1.54, 1.807) is 30.5 Å². The number of carbonyl (C=O) groups is 1. The number of carbonyl (C=O) groups excluding carboxylic acids is 1. The van der Waals surface area contributed by atoms with Gasteiger partial charge in [-0.25, -0.2) is 9.37 Å². The number of hydrogen-bond acceptors (Lipinski definition) is 4. The highest BCUT2D eigenvalue weighted by Gasteiger charge is 2.16. The number of nitrogens with one attached hydrogen (secondary N) is 1. The van der Waals surface area contributed by atoms with E-state index in [9.17, 15) is 9.18 Å². The number of halogens is 1. The first kappa shape index (κ1) is 19.6. The highest BCUT2D eigenvalue weighted by atomic mass is 19.1. The summed E-state index contributed by atoms with van der Waals surface area (Å²) in [6.45, 7) is 4.41. The van der Waals surface area contributed by atoms with Crippen LogP contribution in [0.25, 0.3) is 16.9 Å². The molecule has 3 heterocycles. The van der Waals surface area contributed by atoms with Crippen molar-refractivity contribution in [2.75, 3.05) is 13.2 Å². The maximum Gasteiger partial charge on any atom is 0.252 e. The van der Waals surface area contributed by atoms with Gasteiger partial charge in [0.15, 0.2) is 0 Å². The monoisotopic (exact) mass is 404 g/mol. The third-order valence-electron chi connectivity index (χ3n) is 4.64. The molecule has 7 heteroatoms. The SMILES string of the molecule is Cc1ccc2nc(-c3ccc(F)cc3)c(OCCNC(=O)c3ccc(C)nc3)n2c1. The van der Waals surface area contributed by atoms with Gasteiger partial charge in [-0.1, -0.05) is 6.07 Å². The van der Waals surface area contributed by atoms with E-state index >= 15 is 0 Å². The molecule has 1 N–H and O–H groups in total. The molecule has 0 spiro atoms. The number of amides is 1. The smallest absolute Gasteiger partial charge is 0.252 e. The molecule has 0 radical (unpaired) electrons. The fourth-order valence-corrected chi connectivity index (χ4v) is 3.08. The van der Waals surface area contributed by atoms with Gasteiger partial charge in [-0.15, -0.1) is 0 Å². The van der Waals surface area contributed by atoms with E-state index in [-0.39, 0.29) is 18.3 Å². The lowest BCUT2D eigenvalue weighted by Gasteiger charge is -2.10. The van der Waals surface area contributed by atoms with Crippen LogP contribution in [0.3, 0.4) is 0 Å². The van der Waals surface area contributed by atoms with Crippen molar-refractivity contribution in [1.29, 1.82) is 0 Å². The molecule has 30 heavy (non-hydrogen) atoms. The fraction of sp³-hybridized carbons (Fsp3) is 0.174. The van der Waals surface area contributed by atoms with Gasteiger partial charge in [0.2, 0.25) is 5.88 Å². The maximum absolute atomic E-state index is 13.3. The van der Waals surface area contributed by atoms with E-state index in [2.05, 4.69) is 15.3 Å². The molecule has 0 aliphatic rings. The van der Waals surface area contributed by atoms with Crippen LogP contribution in [-0.4, -0.2) is 33.4 Å². The highest BCUT2D eigenvalue weighted by Crippen LogP contribution is 2.31. The van der Waals surface area contributed by atoms with Gasteiger partial charge >= 0.3 is 0 Å². The van der Waals surface area contributed by atoms with E-state index in [0.29, 0.717) is 23.7 Å². The molecule has 0 aliphatic heterocycles. The average Bonchev–Trinajstić information content (AvgIpc) is 3.09. The first-order chi connectivity index (χ1) is 14.5. The van der Waals surface area contributed by atoms with Crippen LogP contribution < -0.4 is 10.1 Å². The summed E-state index contributed by atoms with van der Waals surface area (Å²) in [5.41, 5.74) is 4.50. The molecule has 0 saturated heterocycles. The summed E-state index contributed by atoms with van der Waals surface area (Å²) in [7, 11) is 0. The van der Waals surface area contributed by atoms with E-state index in [4.69, 9.17) is 4.74 Å². The first-order valence-corrected chi connectivity index (χ1v) is 9.59. The zero-order valence-electron chi connectivity index (χ0n) is 16.7. The Kier molecular flexibility index (Phi) is 5.43. The number of ether oxygens (including phenoxy) is 1. The second-order valence-corrected chi connectivity index (χ2v) is 7.00. The molecule has 3 aromatic heterocycles. The molecule has 1 amide bonds. The second kappa shape index (κ2) is 8.32. The minimum Gasteiger partial charge on any atom is -0.475 e. The lowest BCUT2D eigenvalue weighted by Crippen LogP contribution is -2.28. The topological polar surface area (TPSA) is 68.5 Å². The van der Waals surface area contributed by atoms with Crippen LogP contribution in [0, 0.1) is 19.7 Å². The van der Waals surface area contributed by atoms with Gasteiger partial charge in [0.05, 0.1) is 12.1 Å². The summed E-state index contributed by atoms with van der Waals surface area (Å²) < 4.78 is 21.2. The van der Waals surface area contributed by atoms with Crippen molar-refractivity contribution in [3.05, 3.63) is 83.6 Å². The van der Waals surface area contributed by atoms with Gasteiger partial charge in [-0.3, -0.25) is 14.2 Å². The van der Waals surface area contributed by atoms with Crippen molar-refractivity contribution in [1.82, 2.24) is 19.7 Å². The van der Waals surface area contributed by atoms with Crippen LogP contribution in [0.1, 0.15) is 21.6 Å². The summed E-state index contributed by atoms with van der Waals surface area (Å²) in [6.07, 6.45) is 3.48. The van der Waals surface area contributed by atoms with Crippen LogP contribution in [0.2, 0.25) is 0 Å². The lowest BCUT2D eigenvalue weighted by molar-refractivity contribution is 0.0946. The molecule has 6 nitrogen and oxygen atoms in total. The molecule has 0 fully saturated rings. The summed E-state index contributed by atoms with van der Waals surface area (Å²) in [6, 6.07) is 13.5. The van der Waals surface area contributed by atoms with Crippen molar-refractivity contribution in [2.45, 2.75) is 13.8 Å². The van der Waals surface area contributed by atoms with Gasteiger partial charge in [0.1, 0.15) is 23.8 Å². The Hall–Kier alpha value is -3.74. The number of aryl methyl sites for hydroxylation is 2. The number of aromatic nitrogens is 3. The molecule has 4 rings (SSSR count). The summed E-state index contributed by atoms with van der Waals surface area (Å²) in [5.74, 6) is 0.0274. The zero-order valence-corrected chi connectivity index (χ0v) is 16.7. The minimum atomic E-state index is -0.311. The number of hydrogen-bond donors (Lipinski definition) is 1. The summed E-state index contributed by atoms with van der Waals surface area (Å²) in [5, 5.41) is 2.82. The fourth-order valence-electron chi connectivity index (χ4n) is 3.08. The van der Waals surface area contributed by atoms with Crippen molar-refractivity contribution in [3.63, 3.8) is 0 Å². The molecule has 0 bridgehead atoms. The van der Waals surface area contributed by atoms with Crippen LogP contribution in [0.5, 0.6) is 5.88 Å². The molecule has 1 aromatic carbocycles. The molecular formula is C23H21FN4O2. The number of benzene rings is 1. The third kappa shape index (κ3) is 4.15. The lowest BCUT2D eigenvalue weighted by atomic mass is 10.1. The van der Waals surface area contributed by atoms with Crippen molar-refractivity contribution < 1.29 is 13.9 Å². The average molecular weight is 404 g/mol. The standard InChI is InChI=1S/C23H21FN4O2/c1-15-3-10-20-27-21(17-6-8-19(24)9-7-17)23(28(20)14-15)30-12-11-25-22(29)18-5-4-16(2)26-13-18/h3-10,13-14H,11-12H2,1-2H3,(H,25,29). The number of imidazole rings is 1. The highest BCUT2D eigenvalue weighted by molar-refractivity contribution is 5.93. The van der Waals surface area contributed by atoms with Gasteiger partial charge < -0.3 is 10.1 Å². The van der Waals surface area contributed by atoms with Crippen LogP contribution in [-0.2, 0) is 0 Å². The Morgan fingerprint density at radius 1 is 1.10 bits per heavy atom. The van der Waals surface area contributed by atoms with Crippen LogP contribution >= 0.6 is 0 Å². The molecule has 0 unspecified atom stereocenters. The van der Waals surface area contributed by atoms with Crippen molar-refractivity contribution >= 4 is 11.6 Å². The minimum absolute atomic E-state index is 0.209.